The molecule has 0 bridgehead atoms. The van der Waals surface area contributed by atoms with Gasteiger partial charge in [0.15, 0.2) is 0 Å². The second-order valence-electron chi connectivity index (χ2n) is 3.55. The van der Waals surface area contributed by atoms with Crippen molar-refractivity contribution in [2.24, 2.45) is 0 Å². The lowest BCUT2D eigenvalue weighted by Crippen LogP contribution is -2.24. The molecule has 2 N–H and O–H groups in total. The fourth-order valence-electron chi connectivity index (χ4n) is 1.36. The summed E-state index contributed by atoms with van der Waals surface area (Å²) in [5.41, 5.74) is -0.216. The van der Waals surface area contributed by atoms with Crippen molar-refractivity contribution in [1.29, 1.82) is 0 Å². The standard InChI is InChI=1S/C11H13ClFNO4/c1-2-18-10(16)4-8(15)11(17)6-3-9(12)14-5-7(6)13/h3,5,8,11,15,17H,2,4H2,1H3. The molecule has 0 spiro atoms. The Morgan fingerprint density at radius 1 is 1.61 bits per heavy atom. The first-order valence-electron chi connectivity index (χ1n) is 5.28. The zero-order valence-corrected chi connectivity index (χ0v) is 10.4. The van der Waals surface area contributed by atoms with E-state index in [-0.39, 0.29) is 17.3 Å². The van der Waals surface area contributed by atoms with Gasteiger partial charge < -0.3 is 14.9 Å². The molecule has 2 unspecified atom stereocenters. The molecule has 0 amide bonds. The highest BCUT2D eigenvalue weighted by atomic mass is 35.5. The van der Waals surface area contributed by atoms with Gasteiger partial charge in [0, 0.05) is 5.56 Å². The molecule has 7 heteroatoms. The van der Waals surface area contributed by atoms with Crippen LogP contribution in [0, 0.1) is 5.82 Å². The molecule has 0 aromatic carbocycles. The summed E-state index contributed by atoms with van der Waals surface area (Å²) in [7, 11) is 0. The van der Waals surface area contributed by atoms with Gasteiger partial charge in [-0.2, -0.15) is 0 Å². The first-order chi connectivity index (χ1) is 8.45. The number of hydrogen-bond donors (Lipinski definition) is 2. The van der Waals surface area contributed by atoms with Gasteiger partial charge in [0.25, 0.3) is 0 Å². The molecule has 0 aliphatic rings. The van der Waals surface area contributed by atoms with Crippen LogP contribution in [0.3, 0.4) is 0 Å². The number of halogens is 2. The van der Waals surface area contributed by atoms with E-state index in [1.165, 1.54) is 0 Å². The largest absolute Gasteiger partial charge is 0.466 e. The van der Waals surface area contributed by atoms with Crippen LogP contribution >= 0.6 is 11.6 Å². The molecule has 5 nitrogen and oxygen atoms in total. The summed E-state index contributed by atoms with van der Waals surface area (Å²) in [6.45, 7) is 1.78. The van der Waals surface area contributed by atoms with Crippen molar-refractivity contribution >= 4 is 17.6 Å². The Labute approximate surface area is 108 Å². The molecule has 0 aliphatic carbocycles. The highest BCUT2D eigenvalue weighted by molar-refractivity contribution is 6.29. The Morgan fingerprint density at radius 3 is 2.89 bits per heavy atom. The highest BCUT2D eigenvalue weighted by Crippen LogP contribution is 2.23. The summed E-state index contributed by atoms with van der Waals surface area (Å²) in [4.78, 5) is 14.6. The average Bonchev–Trinajstić information content (AvgIpc) is 2.31. The second kappa shape index (κ2) is 6.63. The average molecular weight is 278 g/mol. The topological polar surface area (TPSA) is 79.7 Å². The van der Waals surface area contributed by atoms with Gasteiger partial charge in [0.1, 0.15) is 17.1 Å². The minimum atomic E-state index is -1.57. The van der Waals surface area contributed by atoms with Gasteiger partial charge in [-0.3, -0.25) is 4.79 Å². The van der Waals surface area contributed by atoms with Gasteiger partial charge in [-0.15, -0.1) is 0 Å². The maximum atomic E-state index is 13.4. The van der Waals surface area contributed by atoms with Crippen molar-refractivity contribution < 1.29 is 24.1 Å². The predicted octanol–water partition coefficient (Wildman–Crippen LogP) is 1.22. The van der Waals surface area contributed by atoms with Gasteiger partial charge in [-0.25, -0.2) is 9.37 Å². The monoisotopic (exact) mass is 277 g/mol. The lowest BCUT2D eigenvalue weighted by Gasteiger charge is -2.17. The van der Waals surface area contributed by atoms with Gasteiger partial charge in [-0.1, -0.05) is 11.6 Å². The van der Waals surface area contributed by atoms with Crippen molar-refractivity contribution in [2.75, 3.05) is 6.61 Å². The fraction of sp³-hybridized carbons (Fsp3) is 0.455. The fourth-order valence-corrected chi connectivity index (χ4v) is 1.53. The molecular weight excluding hydrogens is 265 g/mol. The normalized spacial score (nSPS) is 14.1. The van der Waals surface area contributed by atoms with Gasteiger partial charge in [0.05, 0.1) is 25.3 Å². The number of esters is 1. The predicted molar refractivity (Wildman–Crippen MR) is 61.4 cm³/mol. The summed E-state index contributed by atoms with van der Waals surface area (Å²) in [6, 6.07) is 1.09. The number of aliphatic hydroxyl groups is 2. The summed E-state index contributed by atoms with van der Waals surface area (Å²) in [5, 5.41) is 19.3. The van der Waals surface area contributed by atoms with Crippen LogP contribution in [0.15, 0.2) is 12.3 Å². The first-order valence-corrected chi connectivity index (χ1v) is 5.66. The van der Waals surface area contributed by atoms with E-state index in [0.717, 1.165) is 12.3 Å². The Hall–Kier alpha value is -1.24. The third-order valence-corrected chi connectivity index (χ3v) is 2.42. The van der Waals surface area contributed by atoms with Gasteiger partial charge >= 0.3 is 5.97 Å². The molecule has 18 heavy (non-hydrogen) atoms. The molecule has 1 aromatic rings. The van der Waals surface area contributed by atoms with Crippen molar-refractivity contribution in [2.45, 2.75) is 25.6 Å². The lowest BCUT2D eigenvalue weighted by atomic mass is 10.0. The van der Waals surface area contributed by atoms with Crippen LogP contribution in [0.25, 0.3) is 0 Å². The zero-order chi connectivity index (χ0) is 13.7. The summed E-state index contributed by atoms with van der Waals surface area (Å²) in [5.74, 6) is -1.49. The zero-order valence-electron chi connectivity index (χ0n) is 9.64. The number of nitrogens with zero attached hydrogens (tertiary/aromatic N) is 1. The minimum Gasteiger partial charge on any atom is -0.466 e. The highest BCUT2D eigenvalue weighted by Gasteiger charge is 2.25. The van der Waals surface area contributed by atoms with E-state index >= 15 is 0 Å². The number of ether oxygens (including phenoxy) is 1. The van der Waals surface area contributed by atoms with Crippen molar-refractivity contribution in [3.8, 4) is 0 Å². The van der Waals surface area contributed by atoms with E-state index < -0.39 is 30.4 Å². The third-order valence-electron chi connectivity index (χ3n) is 2.22. The number of aliphatic hydroxyl groups excluding tert-OH is 2. The molecular formula is C11H13ClFNO4. The second-order valence-corrected chi connectivity index (χ2v) is 3.94. The number of hydrogen-bond acceptors (Lipinski definition) is 5. The van der Waals surface area contributed by atoms with Crippen LogP contribution in [0.4, 0.5) is 4.39 Å². The Bertz CT molecular complexity index is 430. The van der Waals surface area contributed by atoms with E-state index in [0.29, 0.717) is 0 Å². The number of aromatic nitrogens is 1. The van der Waals surface area contributed by atoms with Gasteiger partial charge in [-0.05, 0) is 13.0 Å². The number of pyridine rings is 1. The molecule has 1 aromatic heterocycles. The number of carbonyl (C=O) groups is 1. The number of rotatable bonds is 5. The Morgan fingerprint density at radius 2 is 2.28 bits per heavy atom. The molecule has 0 saturated heterocycles. The summed E-state index contributed by atoms with van der Waals surface area (Å²) in [6.07, 6.45) is -2.65. The molecule has 0 aliphatic heterocycles. The molecule has 0 saturated carbocycles. The van der Waals surface area contributed by atoms with Gasteiger partial charge in [0.2, 0.25) is 0 Å². The van der Waals surface area contributed by atoms with E-state index in [1.807, 2.05) is 0 Å². The summed E-state index contributed by atoms with van der Waals surface area (Å²) >= 11 is 5.56. The van der Waals surface area contributed by atoms with Crippen LogP contribution < -0.4 is 0 Å². The van der Waals surface area contributed by atoms with Crippen LogP contribution in [0.2, 0.25) is 5.15 Å². The Balaban J connectivity index is 2.76. The molecule has 0 radical (unpaired) electrons. The van der Waals surface area contributed by atoms with Crippen LogP contribution in [0.5, 0.6) is 0 Å². The van der Waals surface area contributed by atoms with Crippen molar-refractivity contribution in [3.63, 3.8) is 0 Å². The van der Waals surface area contributed by atoms with Crippen LogP contribution in [-0.2, 0) is 9.53 Å². The van der Waals surface area contributed by atoms with E-state index in [1.54, 1.807) is 6.92 Å². The molecule has 2 atom stereocenters. The smallest absolute Gasteiger partial charge is 0.308 e. The summed E-state index contributed by atoms with van der Waals surface area (Å²) < 4.78 is 18.0. The lowest BCUT2D eigenvalue weighted by molar-refractivity contribution is -0.147. The molecule has 1 rings (SSSR count). The molecule has 100 valence electrons. The first kappa shape index (κ1) is 14.8. The van der Waals surface area contributed by atoms with Crippen molar-refractivity contribution in [3.05, 3.63) is 28.8 Å². The molecule has 0 fully saturated rings. The minimum absolute atomic E-state index is 0.0196. The van der Waals surface area contributed by atoms with E-state index in [9.17, 15) is 19.4 Å². The number of carbonyl (C=O) groups excluding carboxylic acids is 1. The quantitative estimate of drug-likeness (QED) is 0.625. The van der Waals surface area contributed by atoms with Crippen LogP contribution in [0.1, 0.15) is 25.0 Å². The maximum Gasteiger partial charge on any atom is 0.308 e. The van der Waals surface area contributed by atoms with Crippen molar-refractivity contribution in [1.82, 2.24) is 4.98 Å². The molecule has 1 heterocycles. The van der Waals surface area contributed by atoms with Crippen LogP contribution in [-0.4, -0.2) is 33.9 Å². The van der Waals surface area contributed by atoms with E-state index in [2.05, 4.69) is 9.72 Å². The van der Waals surface area contributed by atoms with E-state index in [4.69, 9.17) is 11.6 Å². The maximum absolute atomic E-state index is 13.4. The Kier molecular flexibility index (Phi) is 5.46. The SMILES string of the molecule is CCOC(=O)CC(O)C(O)c1cc(Cl)ncc1F. The third kappa shape index (κ3) is 3.90.